The Balaban J connectivity index is 1.80. The quantitative estimate of drug-likeness (QED) is 0.866. The van der Waals surface area contributed by atoms with Gasteiger partial charge in [-0.2, -0.15) is 0 Å². The first-order valence-corrected chi connectivity index (χ1v) is 6.81. The van der Waals surface area contributed by atoms with Gasteiger partial charge in [-0.15, -0.1) is 10.2 Å². The number of aromatic nitrogens is 3. The number of hydrogen-bond acceptors (Lipinski definition) is 4. The SMILES string of the molecule is O=C(c1ccc(Cl)nn1)N(Cc1ccncc1)C1CC1. The Morgan fingerprint density at radius 1 is 1.20 bits per heavy atom. The topological polar surface area (TPSA) is 59.0 Å². The highest BCUT2D eigenvalue weighted by Gasteiger charge is 2.33. The van der Waals surface area contributed by atoms with Crippen LogP contribution >= 0.6 is 11.6 Å². The fourth-order valence-electron chi connectivity index (χ4n) is 2.02. The Hall–Kier alpha value is -2.01. The molecule has 0 atom stereocenters. The average molecular weight is 289 g/mol. The van der Waals surface area contributed by atoms with Gasteiger partial charge < -0.3 is 4.90 Å². The lowest BCUT2D eigenvalue weighted by Gasteiger charge is -2.21. The molecule has 0 aromatic carbocycles. The molecule has 2 aromatic rings. The van der Waals surface area contributed by atoms with Crippen molar-refractivity contribution in [2.45, 2.75) is 25.4 Å². The van der Waals surface area contributed by atoms with Gasteiger partial charge in [-0.05, 0) is 42.7 Å². The lowest BCUT2D eigenvalue weighted by atomic mass is 10.2. The lowest BCUT2D eigenvalue weighted by molar-refractivity contribution is 0.0722. The van der Waals surface area contributed by atoms with Crippen molar-refractivity contribution in [2.75, 3.05) is 0 Å². The standard InChI is InChI=1S/C14H13ClN4O/c15-13-4-3-12(17-18-13)14(20)19(11-1-2-11)9-10-5-7-16-8-6-10/h3-8,11H,1-2,9H2. The molecule has 1 aliphatic rings. The van der Waals surface area contributed by atoms with Gasteiger partial charge in [0.2, 0.25) is 0 Å². The Kier molecular flexibility index (Phi) is 3.60. The van der Waals surface area contributed by atoms with Gasteiger partial charge in [0.1, 0.15) is 0 Å². The second-order valence-electron chi connectivity index (χ2n) is 4.76. The highest BCUT2D eigenvalue weighted by atomic mass is 35.5. The van der Waals surface area contributed by atoms with E-state index in [1.54, 1.807) is 24.5 Å². The summed E-state index contributed by atoms with van der Waals surface area (Å²) in [6.45, 7) is 0.566. The Morgan fingerprint density at radius 3 is 2.55 bits per heavy atom. The molecule has 0 radical (unpaired) electrons. The Morgan fingerprint density at radius 2 is 1.95 bits per heavy atom. The van der Waals surface area contributed by atoms with Crippen LogP contribution in [-0.2, 0) is 6.54 Å². The molecule has 0 aliphatic heterocycles. The molecule has 20 heavy (non-hydrogen) atoms. The molecular formula is C14H13ClN4O. The molecule has 0 saturated heterocycles. The van der Waals surface area contributed by atoms with Crippen LogP contribution in [0, 0.1) is 0 Å². The van der Waals surface area contributed by atoms with E-state index in [1.807, 2.05) is 17.0 Å². The number of rotatable bonds is 4. The van der Waals surface area contributed by atoms with Gasteiger partial charge in [0.15, 0.2) is 10.8 Å². The molecule has 102 valence electrons. The number of carbonyl (C=O) groups excluding carboxylic acids is 1. The summed E-state index contributed by atoms with van der Waals surface area (Å²) >= 11 is 5.70. The van der Waals surface area contributed by atoms with Crippen LogP contribution in [0.4, 0.5) is 0 Å². The second-order valence-corrected chi connectivity index (χ2v) is 5.15. The highest BCUT2D eigenvalue weighted by molar-refractivity contribution is 6.29. The van der Waals surface area contributed by atoms with Crippen molar-refractivity contribution in [3.8, 4) is 0 Å². The Bertz CT molecular complexity index is 598. The van der Waals surface area contributed by atoms with Crippen LogP contribution in [0.15, 0.2) is 36.7 Å². The van der Waals surface area contributed by atoms with Gasteiger partial charge in [-0.1, -0.05) is 11.6 Å². The van der Waals surface area contributed by atoms with Crippen LogP contribution in [-0.4, -0.2) is 32.0 Å². The van der Waals surface area contributed by atoms with E-state index in [2.05, 4.69) is 15.2 Å². The second kappa shape index (κ2) is 5.54. The van der Waals surface area contributed by atoms with E-state index in [4.69, 9.17) is 11.6 Å². The number of pyridine rings is 1. The van der Waals surface area contributed by atoms with Gasteiger partial charge >= 0.3 is 0 Å². The zero-order valence-electron chi connectivity index (χ0n) is 10.7. The molecular weight excluding hydrogens is 276 g/mol. The molecule has 0 N–H and O–H groups in total. The molecule has 0 spiro atoms. The highest BCUT2D eigenvalue weighted by Crippen LogP contribution is 2.29. The molecule has 1 fully saturated rings. The minimum atomic E-state index is -0.103. The van der Waals surface area contributed by atoms with Gasteiger partial charge in [-0.3, -0.25) is 9.78 Å². The minimum Gasteiger partial charge on any atom is -0.330 e. The number of nitrogens with zero attached hydrogens (tertiary/aromatic N) is 4. The first-order valence-electron chi connectivity index (χ1n) is 6.43. The zero-order chi connectivity index (χ0) is 13.9. The number of amides is 1. The van der Waals surface area contributed by atoms with Crippen molar-refractivity contribution in [3.05, 3.63) is 53.1 Å². The monoisotopic (exact) mass is 288 g/mol. The summed E-state index contributed by atoms with van der Waals surface area (Å²) < 4.78 is 0. The zero-order valence-corrected chi connectivity index (χ0v) is 11.5. The summed E-state index contributed by atoms with van der Waals surface area (Å²) in [4.78, 5) is 18.3. The fourth-order valence-corrected chi connectivity index (χ4v) is 2.12. The number of halogens is 1. The molecule has 6 heteroatoms. The third-order valence-electron chi connectivity index (χ3n) is 3.20. The minimum absolute atomic E-state index is 0.103. The van der Waals surface area contributed by atoms with E-state index in [0.717, 1.165) is 18.4 Å². The molecule has 1 saturated carbocycles. The van der Waals surface area contributed by atoms with Gasteiger partial charge in [0, 0.05) is 25.0 Å². The van der Waals surface area contributed by atoms with Crippen LogP contribution in [0.2, 0.25) is 5.15 Å². The van der Waals surface area contributed by atoms with Crippen molar-refractivity contribution in [1.82, 2.24) is 20.1 Å². The summed E-state index contributed by atoms with van der Waals surface area (Å²) in [6, 6.07) is 7.32. The van der Waals surface area contributed by atoms with Crippen LogP contribution in [0.25, 0.3) is 0 Å². The van der Waals surface area contributed by atoms with E-state index in [1.165, 1.54) is 0 Å². The Labute approximate surface area is 121 Å². The molecule has 0 bridgehead atoms. The first kappa shape index (κ1) is 13.0. The maximum Gasteiger partial charge on any atom is 0.274 e. The van der Waals surface area contributed by atoms with E-state index in [-0.39, 0.29) is 11.1 Å². The maximum absolute atomic E-state index is 12.5. The van der Waals surface area contributed by atoms with Gasteiger partial charge in [0.05, 0.1) is 0 Å². The summed E-state index contributed by atoms with van der Waals surface area (Å²) in [5.74, 6) is -0.103. The third-order valence-corrected chi connectivity index (χ3v) is 3.40. The predicted octanol–water partition coefficient (Wildman–Crippen LogP) is 2.33. The number of hydrogen-bond donors (Lipinski definition) is 0. The van der Waals surface area contributed by atoms with E-state index >= 15 is 0 Å². The summed E-state index contributed by atoms with van der Waals surface area (Å²) in [5, 5.41) is 7.88. The number of carbonyl (C=O) groups is 1. The van der Waals surface area contributed by atoms with Crippen molar-refractivity contribution in [3.63, 3.8) is 0 Å². The summed E-state index contributed by atoms with van der Waals surface area (Å²) in [5.41, 5.74) is 1.39. The van der Waals surface area contributed by atoms with Crippen LogP contribution < -0.4 is 0 Å². The van der Waals surface area contributed by atoms with E-state index in [9.17, 15) is 4.79 Å². The molecule has 3 rings (SSSR count). The summed E-state index contributed by atoms with van der Waals surface area (Å²) in [6.07, 6.45) is 5.54. The van der Waals surface area contributed by atoms with E-state index in [0.29, 0.717) is 18.3 Å². The molecule has 5 nitrogen and oxygen atoms in total. The average Bonchev–Trinajstić information content (AvgIpc) is 3.30. The maximum atomic E-state index is 12.5. The molecule has 2 aromatic heterocycles. The molecule has 1 aliphatic carbocycles. The first-order chi connectivity index (χ1) is 9.74. The lowest BCUT2D eigenvalue weighted by Crippen LogP contribution is -2.33. The third kappa shape index (κ3) is 2.93. The van der Waals surface area contributed by atoms with Crippen LogP contribution in [0.3, 0.4) is 0 Å². The fraction of sp³-hybridized carbons (Fsp3) is 0.286. The predicted molar refractivity (Wildman–Crippen MR) is 74.2 cm³/mol. The molecule has 0 unspecified atom stereocenters. The largest absolute Gasteiger partial charge is 0.330 e. The van der Waals surface area contributed by atoms with Crippen molar-refractivity contribution >= 4 is 17.5 Å². The normalized spacial score (nSPS) is 14.1. The molecule has 1 amide bonds. The van der Waals surface area contributed by atoms with E-state index < -0.39 is 0 Å². The van der Waals surface area contributed by atoms with Crippen LogP contribution in [0.1, 0.15) is 28.9 Å². The van der Waals surface area contributed by atoms with Crippen molar-refractivity contribution in [2.24, 2.45) is 0 Å². The van der Waals surface area contributed by atoms with Gasteiger partial charge in [0.25, 0.3) is 5.91 Å². The molecule has 2 heterocycles. The van der Waals surface area contributed by atoms with Crippen molar-refractivity contribution in [1.29, 1.82) is 0 Å². The van der Waals surface area contributed by atoms with Gasteiger partial charge in [-0.25, -0.2) is 0 Å². The van der Waals surface area contributed by atoms with Crippen molar-refractivity contribution < 1.29 is 4.79 Å². The smallest absolute Gasteiger partial charge is 0.274 e. The van der Waals surface area contributed by atoms with Crippen LogP contribution in [0.5, 0.6) is 0 Å². The summed E-state index contributed by atoms with van der Waals surface area (Å²) in [7, 11) is 0.